The van der Waals surface area contributed by atoms with Crippen LogP contribution in [0.4, 0.5) is 5.69 Å². The van der Waals surface area contributed by atoms with Crippen molar-refractivity contribution in [2.24, 2.45) is 11.8 Å². The molecule has 0 saturated heterocycles. The molecular formula is C16H18N2O2. The third kappa shape index (κ3) is 1.87. The number of furan rings is 1. The van der Waals surface area contributed by atoms with Crippen LogP contribution >= 0.6 is 0 Å². The molecule has 3 unspecified atom stereocenters. The molecule has 2 aliphatic rings. The molecule has 0 aliphatic heterocycles. The molecule has 104 valence electrons. The van der Waals surface area contributed by atoms with Crippen molar-refractivity contribution in [2.75, 3.05) is 5.73 Å². The molecule has 2 aromatic rings. The van der Waals surface area contributed by atoms with Gasteiger partial charge in [-0.2, -0.15) is 0 Å². The van der Waals surface area contributed by atoms with Gasteiger partial charge in [0.15, 0.2) is 5.76 Å². The molecule has 3 N–H and O–H groups in total. The molecule has 2 bridgehead atoms. The number of hydrogen-bond donors (Lipinski definition) is 2. The van der Waals surface area contributed by atoms with Crippen LogP contribution in [0.1, 0.15) is 36.2 Å². The molecule has 1 aromatic heterocycles. The van der Waals surface area contributed by atoms with Crippen LogP contribution in [0.5, 0.6) is 0 Å². The summed E-state index contributed by atoms with van der Waals surface area (Å²) in [6, 6.07) is 7.52. The van der Waals surface area contributed by atoms with E-state index in [0.717, 1.165) is 17.7 Å². The number of carbonyl (C=O) groups is 1. The molecule has 0 radical (unpaired) electrons. The molecule has 2 saturated carbocycles. The Labute approximate surface area is 117 Å². The zero-order chi connectivity index (χ0) is 13.7. The zero-order valence-electron chi connectivity index (χ0n) is 11.3. The van der Waals surface area contributed by atoms with Gasteiger partial charge >= 0.3 is 0 Å². The molecule has 4 heteroatoms. The highest BCUT2D eigenvalue weighted by atomic mass is 16.3. The lowest BCUT2D eigenvalue weighted by Gasteiger charge is -2.22. The highest BCUT2D eigenvalue weighted by Crippen LogP contribution is 2.44. The number of anilines is 1. The van der Waals surface area contributed by atoms with Crippen LogP contribution in [0, 0.1) is 11.8 Å². The van der Waals surface area contributed by atoms with Crippen molar-refractivity contribution in [1.82, 2.24) is 5.32 Å². The average Bonchev–Trinajstić information content (AvgIpc) is 3.11. The van der Waals surface area contributed by atoms with Crippen molar-refractivity contribution in [3.8, 4) is 0 Å². The highest BCUT2D eigenvalue weighted by molar-refractivity contribution is 5.96. The van der Waals surface area contributed by atoms with Gasteiger partial charge in [0.1, 0.15) is 5.58 Å². The molecular weight excluding hydrogens is 252 g/mol. The molecule has 2 aliphatic carbocycles. The summed E-state index contributed by atoms with van der Waals surface area (Å²) in [7, 11) is 0. The van der Waals surface area contributed by atoms with Gasteiger partial charge in [0.2, 0.25) is 0 Å². The number of benzene rings is 1. The minimum Gasteiger partial charge on any atom is -0.451 e. The predicted octanol–water partition coefficient (Wildman–Crippen LogP) is 2.93. The van der Waals surface area contributed by atoms with E-state index < -0.39 is 0 Å². The van der Waals surface area contributed by atoms with Gasteiger partial charge in [-0.25, -0.2) is 0 Å². The lowest BCUT2D eigenvalue weighted by atomic mass is 9.95. The molecule has 1 aromatic carbocycles. The van der Waals surface area contributed by atoms with Crippen molar-refractivity contribution in [3.05, 3.63) is 30.0 Å². The number of carbonyl (C=O) groups excluding carboxylic acids is 1. The Morgan fingerprint density at radius 1 is 1.25 bits per heavy atom. The minimum atomic E-state index is -0.0997. The van der Waals surface area contributed by atoms with E-state index in [1.54, 1.807) is 18.2 Å². The first-order chi connectivity index (χ1) is 9.69. The molecule has 0 spiro atoms. The summed E-state index contributed by atoms with van der Waals surface area (Å²) in [5, 5.41) is 4.02. The van der Waals surface area contributed by atoms with E-state index in [-0.39, 0.29) is 5.91 Å². The summed E-state index contributed by atoms with van der Waals surface area (Å²) in [6.45, 7) is 0. The SMILES string of the molecule is Nc1ccc2oc(C(=O)NC3CC4CCC3C4)cc2c1. The van der Waals surface area contributed by atoms with Gasteiger partial charge in [-0.3, -0.25) is 4.79 Å². The van der Waals surface area contributed by atoms with Crippen molar-refractivity contribution < 1.29 is 9.21 Å². The minimum absolute atomic E-state index is 0.0997. The fraction of sp³-hybridized carbons (Fsp3) is 0.438. The van der Waals surface area contributed by atoms with Gasteiger partial charge in [-0.1, -0.05) is 6.42 Å². The Morgan fingerprint density at radius 2 is 2.15 bits per heavy atom. The van der Waals surface area contributed by atoms with Crippen LogP contribution in [-0.4, -0.2) is 11.9 Å². The Hall–Kier alpha value is -1.97. The van der Waals surface area contributed by atoms with E-state index in [2.05, 4.69) is 5.32 Å². The normalized spacial score (nSPS) is 28.1. The maximum Gasteiger partial charge on any atom is 0.287 e. The topological polar surface area (TPSA) is 68.3 Å². The van der Waals surface area contributed by atoms with Gasteiger partial charge in [-0.15, -0.1) is 0 Å². The van der Waals surface area contributed by atoms with Crippen LogP contribution in [0.25, 0.3) is 11.0 Å². The van der Waals surface area contributed by atoms with Crippen LogP contribution in [0.15, 0.2) is 28.7 Å². The summed E-state index contributed by atoms with van der Waals surface area (Å²) in [6.07, 6.45) is 5.00. The van der Waals surface area contributed by atoms with E-state index in [9.17, 15) is 4.79 Å². The third-order valence-corrected chi connectivity index (χ3v) is 4.82. The van der Waals surface area contributed by atoms with Crippen LogP contribution in [0.3, 0.4) is 0 Å². The smallest absolute Gasteiger partial charge is 0.287 e. The van der Waals surface area contributed by atoms with Crippen LogP contribution < -0.4 is 11.1 Å². The monoisotopic (exact) mass is 270 g/mol. The largest absolute Gasteiger partial charge is 0.451 e. The van der Waals surface area contributed by atoms with Gasteiger partial charge in [0, 0.05) is 17.1 Å². The first-order valence-corrected chi connectivity index (χ1v) is 7.29. The number of rotatable bonds is 2. The second-order valence-electron chi connectivity index (χ2n) is 6.16. The Balaban J connectivity index is 1.54. The average molecular weight is 270 g/mol. The summed E-state index contributed by atoms with van der Waals surface area (Å²) < 4.78 is 5.61. The predicted molar refractivity (Wildman–Crippen MR) is 77.3 cm³/mol. The summed E-state index contributed by atoms with van der Waals surface area (Å²) in [4.78, 5) is 12.3. The summed E-state index contributed by atoms with van der Waals surface area (Å²) in [5.41, 5.74) is 7.13. The lowest BCUT2D eigenvalue weighted by Crippen LogP contribution is -2.38. The fourth-order valence-corrected chi connectivity index (χ4v) is 3.83. The van der Waals surface area contributed by atoms with Gasteiger partial charge in [0.05, 0.1) is 0 Å². The summed E-state index contributed by atoms with van der Waals surface area (Å²) in [5.74, 6) is 1.77. The Morgan fingerprint density at radius 3 is 2.90 bits per heavy atom. The molecule has 1 amide bonds. The number of nitrogen functional groups attached to an aromatic ring is 1. The maximum absolute atomic E-state index is 12.3. The van der Waals surface area contributed by atoms with Crippen LogP contribution in [0.2, 0.25) is 0 Å². The molecule has 3 atom stereocenters. The number of nitrogens with one attached hydrogen (secondary N) is 1. The number of amides is 1. The molecule has 4 rings (SSSR count). The zero-order valence-corrected chi connectivity index (χ0v) is 11.3. The first kappa shape index (κ1) is 11.8. The van der Waals surface area contributed by atoms with Crippen molar-refractivity contribution in [3.63, 3.8) is 0 Å². The molecule has 4 nitrogen and oxygen atoms in total. The standard InChI is InChI=1S/C16H18N2O2/c17-12-3-4-14-11(7-12)8-15(20-14)16(19)18-13-6-9-1-2-10(13)5-9/h3-4,7-10,13H,1-2,5-6,17H2,(H,18,19). The van der Waals surface area contributed by atoms with Gasteiger partial charge < -0.3 is 15.5 Å². The Kier molecular flexibility index (Phi) is 2.52. The van der Waals surface area contributed by atoms with Gasteiger partial charge in [0.25, 0.3) is 5.91 Å². The van der Waals surface area contributed by atoms with Crippen molar-refractivity contribution in [2.45, 2.75) is 31.7 Å². The van der Waals surface area contributed by atoms with Gasteiger partial charge in [-0.05, 0) is 55.4 Å². The van der Waals surface area contributed by atoms with Crippen molar-refractivity contribution >= 4 is 22.6 Å². The third-order valence-electron chi connectivity index (χ3n) is 4.82. The molecule has 20 heavy (non-hydrogen) atoms. The number of nitrogens with two attached hydrogens (primary N) is 1. The van der Waals surface area contributed by atoms with E-state index in [1.165, 1.54) is 19.3 Å². The first-order valence-electron chi connectivity index (χ1n) is 7.29. The van der Waals surface area contributed by atoms with Crippen LogP contribution in [-0.2, 0) is 0 Å². The van der Waals surface area contributed by atoms with E-state index in [0.29, 0.717) is 29.0 Å². The number of hydrogen-bond acceptors (Lipinski definition) is 3. The molecule has 1 heterocycles. The quantitative estimate of drug-likeness (QED) is 0.824. The lowest BCUT2D eigenvalue weighted by molar-refractivity contribution is 0.0897. The van der Waals surface area contributed by atoms with E-state index in [4.69, 9.17) is 10.2 Å². The van der Waals surface area contributed by atoms with E-state index >= 15 is 0 Å². The van der Waals surface area contributed by atoms with Crippen molar-refractivity contribution in [1.29, 1.82) is 0 Å². The highest BCUT2D eigenvalue weighted by Gasteiger charge is 2.40. The number of fused-ring (bicyclic) bond motifs is 3. The van der Waals surface area contributed by atoms with E-state index in [1.807, 2.05) is 6.07 Å². The Bertz CT molecular complexity index is 676. The fourth-order valence-electron chi connectivity index (χ4n) is 3.83. The molecule has 2 fully saturated rings. The second-order valence-corrected chi connectivity index (χ2v) is 6.16. The maximum atomic E-state index is 12.3. The summed E-state index contributed by atoms with van der Waals surface area (Å²) >= 11 is 0. The second kappa shape index (κ2) is 4.27.